The van der Waals surface area contributed by atoms with Gasteiger partial charge in [-0.1, -0.05) is 42.8 Å². The molecular formula is C30H35N3O4. The highest BCUT2D eigenvalue weighted by Crippen LogP contribution is 2.38. The molecule has 3 aromatic rings. The van der Waals surface area contributed by atoms with Crippen molar-refractivity contribution in [3.63, 3.8) is 0 Å². The molecule has 0 spiro atoms. The summed E-state index contributed by atoms with van der Waals surface area (Å²) < 4.78 is 12.0. The van der Waals surface area contributed by atoms with E-state index >= 15 is 0 Å². The van der Waals surface area contributed by atoms with Crippen LogP contribution >= 0.6 is 0 Å². The number of carbonyl (C=O) groups excluding carboxylic acids is 2. The summed E-state index contributed by atoms with van der Waals surface area (Å²) in [4.78, 5) is 29.5. The molecule has 7 heteroatoms. The Morgan fingerprint density at radius 3 is 2.76 bits per heavy atom. The van der Waals surface area contributed by atoms with Crippen LogP contribution in [0.25, 0.3) is 0 Å². The van der Waals surface area contributed by atoms with Gasteiger partial charge in [0, 0.05) is 38.6 Å². The lowest BCUT2D eigenvalue weighted by Gasteiger charge is -2.38. The summed E-state index contributed by atoms with van der Waals surface area (Å²) in [5, 5.41) is 3.35. The molecular weight excluding hydrogens is 466 g/mol. The molecule has 3 heterocycles. The molecule has 1 N–H and O–H groups in total. The lowest BCUT2D eigenvalue weighted by molar-refractivity contribution is -0.132. The number of nitrogens with zero attached hydrogens (tertiary/aromatic N) is 2. The monoisotopic (exact) mass is 501 g/mol. The molecule has 5 rings (SSSR count). The summed E-state index contributed by atoms with van der Waals surface area (Å²) in [6.45, 7) is 9.10. The molecule has 2 atom stereocenters. The summed E-state index contributed by atoms with van der Waals surface area (Å²) >= 11 is 0. The van der Waals surface area contributed by atoms with Crippen LogP contribution in [0.1, 0.15) is 64.9 Å². The second-order valence-corrected chi connectivity index (χ2v) is 10.0. The predicted molar refractivity (Wildman–Crippen MR) is 142 cm³/mol. The minimum Gasteiger partial charge on any atom is -0.486 e. The predicted octanol–water partition coefficient (Wildman–Crippen LogP) is 4.49. The summed E-state index contributed by atoms with van der Waals surface area (Å²) in [6, 6.07) is 18.1. The minimum absolute atomic E-state index is 0.0879. The Morgan fingerprint density at radius 2 is 1.97 bits per heavy atom. The van der Waals surface area contributed by atoms with E-state index in [4.69, 9.17) is 9.15 Å². The summed E-state index contributed by atoms with van der Waals surface area (Å²) in [5.74, 6) is 1.71. The molecule has 2 amide bonds. The van der Waals surface area contributed by atoms with Crippen LogP contribution in [0.5, 0.6) is 5.75 Å². The zero-order valence-corrected chi connectivity index (χ0v) is 21.8. The summed E-state index contributed by atoms with van der Waals surface area (Å²) in [7, 11) is 0. The molecule has 2 aliphatic heterocycles. The van der Waals surface area contributed by atoms with Gasteiger partial charge in [0.25, 0.3) is 5.91 Å². The Kier molecular flexibility index (Phi) is 7.33. The van der Waals surface area contributed by atoms with Crippen molar-refractivity contribution in [2.24, 2.45) is 0 Å². The first-order valence-electron chi connectivity index (χ1n) is 13.2. The van der Waals surface area contributed by atoms with Crippen LogP contribution in [0.4, 0.5) is 0 Å². The highest BCUT2D eigenvalue weighted by atomic mass is 16.5. The third kappa shape index (κ3) is 5.42. The Bertz CT molecular complexity index is 1280. The smallest absolute Gasteiger partial charge is 0.289 e. The second kappa shape index (κ2) is 10.8. The molecule has 0 unspecified atom stereocenters. The molecule has 7 nitrogen and oxygen atoms in total. The fourth-order valence-electron chi connectivity index (χ4n) is 5.35. The van der Waals surface area contributed by atoms with Crippen molar-refractivity contribution in [2.75, 3.05) is 26.2 Å². The van der Waals surface area contributed by atoms with E-state index in [0.717, 1.165) is 24.1 Å². The van der Waals surface area contributed by atoms with E-state index in [9.17, 15) is 9.59 Å². The molecule has 0 saturated carbocycles. The Labute approximate surface area is 218 Å². The Balaban J connectivity index is 1.34. The number of hydrogen-bond donors (Lipinski definition) is 1. The van der Waals surface area contributed by atoms with E-state index in [1.54, 1.807) is 12.1 Å². The fourth-order valence-corrected chi connectivity index (χ4v) is 5.35. The number of piperazine rings is 1. The van der Waals surface area contributed by atoms with Gasteiger partial charge in [-0.2, -0.15) is 0 Å². The third-order valence-corrected chi connectivity index (χ3v) is 7.24. The van der Waals surface area contributed by atoms with Crippen LogP contribution < -0.4 is 10.1 Å². The largest absolute Gasteiger partial charge is 0.486 e. The molecule has 1 saturated heterocycles. The number of furan rings is 1. The van der Waals surface area contributed by atoms with Crippen LogP contribution in [0.3, 0.4) is 0 Å². The van der Waals surface area contributed by atoms with E-state index in [0.29, 0.717) is 43.3 Å². The van der Waals surface area contributed by atoms with E-state index in [-0.39, 0.29) is 30.5 Å². The summed E-state index contributed by atoms with van der Waals surface area (Å²) in [5.41, 5.74) is 4.60. The number of carbonyl (C=O) groups is 2. The van der Waals surface area contributed by atoms with Crippen molar-refractivity contribution in [1.82, 2.24) is 15.1 Å². The van der Waals surface area contributed by atoms with Gasteiger partial charge in [-0.15, -0.1) is 0 Å². The molecule has 1 aromatic heterocycles. The molecule has 37 heavy (non-hydrogen) atoms. The molecule has 1 fully saturated rings. The topological polar surface area (TPSA) is 75.0 Å². The zero-order chi connectivity index (χ0) is 25.9. The molecule has 2 aromatic carbocycles. The van der Waals surface area contributed by atoms with Gasteiger partial charge in [0.15, 0.2) is 5.76 Å². The van der Waals surface area contributed by atoms with Crippen molar-refractivity contribution in [3.05, 3.63) is 88.4 Å². The number of amides is 2. The number of ether oxygens (including phenoxy) is 1. The first kappa shape index (κ1) is 25.1. The van der Waals surface area contributed by atoms with Crippen LogP contribution in [0, 0.1) is 6.92 Å². The zero-order valence-electron chi connectivity index (χ0n) is 21.8. The van der Waals surface area contributed by atoms with Crippen molar-refractivity contribution < 1.29 is 18.7 Å². The average molecular weight is 502 g/mol. The second-order valence-electron chi connectivity index (χ2n) is 10.0. The van der Waals surface area contributed by atoms with E-state index in [2.05, 4.69) is 49.5 Å². The van der Waals surface area contributed by atoms with Crippen LogP contribution in [0.2, 0.25) is 0 Å². The van der Waals surface area contributed by atoms with Crippen LogP contribution in [-0.2, 0) is 17.8 Å². The van der Waals surface area contributed by atoms with Gasteiger partial charge in [0.2, 0.25) is 5.91 Å². The number of benzene rings is 2. The van der Waals surface area contributed by atoms with Crippen molar-refractivity contribution in [1.29, 1.82) is 0 Å². The number of nitrogens with one attached hydrogen (secondary N) is 1. The van der Waals surface area contributed by atoms with Gasteiger partial charge in [-0.25, -0.2) is 0 Å². The standard InChI is InChI=1S/C30H35N3O4/c1-4-28(34)33-14-12-22-8-9-24(17-26(22)29(33)23-7-5-6-20(2)16-23)36-19-25-10-11-27(37-25)30(35)32-15-13-31-21(3)18-32/h5-11,16-17,21,29,31H,4,12-15,18-19H2,1-3H3/t21-,29+/m1/s1. The van der Waals surface area contributed by atoms with Gasteiger partial charge in [0.1, 0.15) is 18.1 Å². The molecule has 0 radical (unpaired) electrons. The molecule has 194 valence electrons. The number of rotatable bonds is 6. The highest BCUT2D eigenvalue weighted by molar-refractivity contribution is 5.91. The quantitative estimate of drug-likeness (QED) is 0.539. The highest BCUT2D eigenvalue weighted by Gasteiger charge is 2.32. The molecule has 2 aliphatic rings. The maximum absolute atomic E-state index is 12.9. The first-order chi connectivity index (χ1) is 17.9. The van der Waals surface area contributed by atoms with E-state index in [1.807, 2.05) is 28.9 Å². The Hall–Kier alpha value is -3.58. The SMILES string of the molecule is CCC(=O)N1CCc2ccc(OCc3ccc(C(=O)N4CCN[C@H](C)C4)o3)cc2[C@@H]1c1cccc(C)c1. The number of hydrogen-bond acceptors (Lipinski definition) is 5. The minimum atomic E-state index is -0.145. The summed E-state index contributed by atoms with van der Waals surface area (Å²) in [6.07, 6.45) is 1.29. The van der Waals surface area contributed by atoms with Gasteiger partial charge in [-0.3, -0.25) is 9.59 Å². The molecule has 0 bridgehead atoms. The van der Waals surface area contributed by atoms with Gasteiger partial charge in [0.05, 0.1) is 6.04 Å². The lowest BCUT2D eigenvalue weighted by atomic mass is 9.87. The first-order valence-corrected chi connectivity index (χ1v) is 13.2. The number of aryl methyl sites for hydroxylation is 1. The van der Waals surface area contributed by atoms with Gasteiger partial charge >= 0.3 is 0 Å². The van der Waals surface area contributed by atoms with Crippen molar-refractivity contribution >= 4 is 11.8 Å². The maximum atomic E-state index is 12.9. The van der Waals surface area contributed by atoms with Crippen LogP contribution in [0.15, 0.2) is 59.0 Å². The lowest BCUT2D eigenvalue weighted by Crippen LogP contribution is -2.51. The van der Waals surface area contributed by atoms with Gasteiger partial charge < -0.3 is 24.3 Å². The number of fused-ring (bicyclic) bond motifs is 1. The van der Waals surface area contributed by atoms with Crippen molar-refractivity contribution in [2.45, 2.75) is 52.3 Å². The van der Waals surface area contributed by atoms with Crippen molar-refractivity contribution in [3.8, 4) is 5.75 Å². The third-order valence-electron chi connectivity index (χ3n) is 7.24. The van der Waals surface area contributed by atoms with E-state index in [1.165, 1.54) is 11.1 Å². The molecule has 0 aliphatic carbocycles. The maximum Gasteiger partial charge on any atom is 0.289 e. The average Bonchev–Trinajstić information content (AvgIpc) is 3.39. The Morgan fingerprint density at radius 1 is 1.11 bits per heavy atom. The van der Waals surface area contributed by atoms with Crippen LogP contribution in [-0.4, -0.2) is 53.8 Å². The van der Waals surface area contributed by atoms with E-state index < -0.39 is 0 Å². The normalized spacial score (nSPS) is 19.4. The fraction of sp³-hybridized carbons (Fsp3) is 0.400. The van der Waals surface area contributed by atoms with Gasteiger partial charge in [-0.05, 0) is 61.2 Å².